The largest absolute Gasteiger partial charge is 0.490 e. The monoisotopic (exact) mass is 518 g/mol. The molecular formula is C28H30N4O6. The van der Waals surface area contributed by atoms with Gasteiger partial charge in [0.2, 0.25) is 5.82 Å². The average molecular weight is 519 g/mol. The summed E-state index contributed by atoms with van der Waals surface area (Å²) in [6, 6.07) is 12.3. The fourth-order valence-electron chi connectivity index (χ4n) is 4.49. The third-order valence-electron chi connectivity index (χ3n) is 5.93. The third kappa shape index (κ3) is 5.78. The lowest BCUT2D eigenvalue weighted by Crippen LogP contribution is -2.41. The van der Waals surface area contributed by atoms with Gasteiger partial charge >= 0.3 is 12.1 Å². The first kappa shape index (κ1) is 26.7. The van der Waals surface area contributed by atoms with Gasteiger partial charge in [0.1, 0.15) is 24.0 Å². The normalized spacial score (nSPS) is 14.6. The first-order valence-electron chi connectivity index (χ1n) is 12.3. The first-order chi connectivity index (χ1) is 18.0. The van der Waals surface area contributed by atoms with Gasteiger partial charge in [-0.1, -0.05) is 23.4 Å². The summed E-state index contributed by atoms with van der Waals surface area (Å²) in [7, 11) is 0. The molecule has 0 saturated heterocycles. The van der Waals surface area contributed by atoms with Crippen LogP contribution < -0.4 is 4.74 Å². The first-order valence-corrected chi connectivity index (χ1v) is 12.3. The van der Waals surface area contributed by atoms with Crippen LogP contribution in [0.15, 0.2) is 40.9 Å². The number of nitrogens with zero attached hydrogens (tertiary/aromatic N) is 4. The second kappa shape index (κ2) is 10.5. The van der Waals surface area contributed by atoms with Crippen LogP contribution in [0.25, 0.3) is 22.8 Å². The molecule has 1 aromatic heterocycles. The average Bonchev–Trinajstić information content (AvgIpc) is 3.49. The van der Waals surface area contributed by atoms with Gasteiger partial charge in [-0.25, -0.2) is 4.79 Å². The molecule has 3 aromatic rings. The Morgan fingerprint density at radius 1 is 1.26 bits per heavy atom. The highest BCUT2D eigenvalue weighted by atomic mass is 16.6. The van der Waals surface area contributed by atoms with E-state index in [0.717, 1.165) is 16.7 Å². The lowest BCUT2D eigenvalue weighted by molar-refractivity contribution is -0.138. The van der Waals surface area contributed by atoms with E-state index in [9.17, 15) is 20.0 Å². The van der Waals surface area contributed by atoms with Crippen LogP contribution in [-0.4, -0.2) is 50.5 Å². The minimum atomic E-state index is -1.12. The van der Waals surface area contributed by atoms with E-state index in [4.69, 9.17) is 14.0 Å². The van der Waals surface area contributed by atoms with Gasteiger partial charge in [-0.15, -0.1) is 0 Å². The molecular weight excluding hydrogens is 488 g/mol. The molecule has 1 N–H and O–H groups in total. The lowest BCUT2D eigenvalue weighted by Gasteiger charge is -2.31. The molecule has 0 fully saturated rings. The van der Waals surface area contributed by atoms with Gasteiger partial charge in [-0.05, 0) is 76.8 Å². The van der Waals surface area contributed by atoms with E-state index in [1.165, 1.54) is 4.90 Å². The van der Waals surface area contributed by atoms with E-state index >= 15 is 0 Å². The van der Waals surface area contributed by atoms with Crippen LogP contribution in [-0.2, 0) is 16.0 Å². The number of aliphatic carboxylic acids is 1. The number of ether oxygens (including phenoxy) is 2. The molecule has 10 nitrogen and oxygen atoms in total. The van der Waals surface area contributed by atoms with Gasteiger partial charge in [0.25, 0.3) is 5.89 Å². The molecule has 1 aliphatic rings. The van der Waals surface area contributed by atoms with Gasteiger partial charge < -0.3 is 19.1 Å². The molecule has 1 unspecified atom stereocenters. The molecule has 4 rings (SSSR count). The molecule has 1 amide bonds. The van der Waals surface area contributed by atoms with Crippen LogP contribution in [0.1, 0.15) is 63.8 Å². The Morgan fingerprint density at radius 3 is 2.68 bits per heavy atom. The van der Waals surface area contributed by atoms with E-state index in [1.807, 2.05) is 32.0 Å². The lowest BCUT2D eigenvalue weighted by atomic mass is 10.0. The smallest absolute Gasteiger partial charge is 0.411 e. The highest BCUT2D eigenvalue weighted by Crippen LogP contribution is 2.41. The van der Waals surface area contributed by atoms with Crippen molar-refractivity contribution in [2.24, 2.45) is 0 Å². The summed E-state index contributed by atoms with van der Waals surface area (Å²) in [4.78, 5) is 30.3. The Labute approximate surface area is 220 Å². The maximum Gasteiger partial charge on any atom is 0.411 e. The Bertz CT molecular complexity index is 1400. The van der Waals surface area contributed by atoms with Gasteiger partial charge in [0.15, 0.2) is 0 Å². The Kier molecular flexibility index (Phi) is 7.39. The van der Waals surface area contributed by atoms with Crippen LogP contribution in [0, 0.1) is 11.3 Å². The minimum absolute atomic E-state index is 0.0753. The Morgan fingerprint density at radius 2 is 2.03 bits per heavy atom. The summed E-state index contributed by atoms with van der Waals surface area (Å²) in [5.41, 5.74) is 2.66. The van der Waals surface area contributed by atoms with E-state index in [2.05, 4.69) is 16.2 Å². The Hall–Kier alpha value is -4.39. The van der Waals surface area contributed by atoms with Gasteiger partial charge in [-0.2, -0.15) is 10.2 Å². The topological polar surface area (TPSA) is 139 Å². The second-order valence-electron chi connectivity index (χ2n) is 10.3. The summed E-state index contributed by atoms with van der Waals surface area (Å²) in [5, 5.41) is 23.2. The van der Waals surface area contributed by atoms with Crippen molar-refractivity contribution in [3.8, 4) is 34.7 Å². The molecule has 0 spiro atoms. The number of carboxylic acid groups (broad SMARTS) is 1. The molecule has 1 atom stereocenters. The van der Waals surface area contributed by atoms with Crippen molar-refractivity contribution in [1.82, 2.24) is 15.0 Å². The molecule has 10 heteroatoms. The predicted molar refractivity (Wildman–Crippen MR) is 137 cm³/mol. The highest BCUT2D eigenvalue weighted by molar-refractivity contribution is 5.78. The number of benzene rings is 2. The summed E-state index contributed by atoms with van der Waals surface area (Å²) in [5.74, 6) is -0.0276. The van der Waals surface area contributed by atoms with Crippen molar-refractivity contribution in [3.63, 3.8) is 0 Å². The molecule has 0 aliphatic heterocycles. The molecule has 1 aliphatic carbocycles. The fourth-order valence-corrected chi connectivity index (χ4v) is 4.49. The summed E-state index contributed by atoms with van der Waals surface area (Å²) < 4.78 is 16.7. The number of rotatable bonds is 7. The van der Waals surface area contributed by atoms with Crippen LogP contribution >= 0.6 is 0 Å². The summed E-state index contributed by atoms with van der Waals surface area (Å²) in [6.07, 6.45) is 0.377. The number of carbonyl (C=O) groups is 2. The van der Waals surface area contributed by atoms with E-state index in [0.29, 0.717) is 35.5 Å². The molecule has 0 radical (unpaired) electrons. The molecule has 1 heterocycles. The third-order valence-corrected chi connectivity index (χ3v) is 5.93. The van der Waals surface area contributed by atoms with Crippen molar-refractivity contribution in [1.29, 1.82) is 5.26 Å². The van der Waals surface area contributed by atoms with Crippen molar-refractivity contribution >= 4 is 12.1 Å². The molecule has 198 valence electrons. The molecule has 2 aromatic carbocycles. The van der Waals surface area contributed by atoms with E-state index in [1.54, 1.807) is 39.0 Å². The maximum absolute atomic E-state index is 12.9. The predicted octanol–water partition coefficient (Wildman–Crippen LogP) is 5.37. The quantitative estimate of drug-likeness (QED) is 0.437. The Balaban J connectivity index is 1.65. The molecule has 0 bridgehead atoms. The number of aromatic nitrogens is 2. The maximum atomic E-state index is 12.9. The van der Waals surface area contributed by atoms with Crippen molar-refractivity contribution in [3.05, 3.63) is 53.1 Å². The van der Waals surface area contributed by atoms with Gasteiger partial charge in [0.05, 0.1) is 17.7 Å². The van der Waals surface area contributed by atoms with Crippen molar-refractivity contribution in [2.45, 2.75) is 65.2 Å². The zero-order valence-corrected chi connectivity index (χ0v) is 22.0. The second-order valence-corrected chi connectivity index (χ2v) is 10.3. The minimum Gasteiger partial charge on any atom is -0.490 e. The van der Waals surface area contributed by atoms with Crippen LogP contribution in [0.4, 0.5) is 4.79 Å². The fraction of sp³-hybridized carbons (Fsp3) is 0.393. The van der Waals surface area contributed by atoms with Crippen molar-refractivity contribution in [2.75, 3.05) is 6.54 Å². The van der Waals surface area contributed by atoms with Crippen LogP contribution in [0.5, 0.6) is 5.75 Å². The van der Waals surface area contributed by atoms with Gasteiger partial charge in [0, 0.05) is 11.1 Å². The zero-order chi connectivity index (χ0) is 27.6. The standard InChI is InChI=1S/C28H30N4O6/c1-16(2)36-23-12-9-17(13-18(23)14-29)26-30-25(31-38-26)21-8-6-7-20-19(21)10-11-22(20)32(15-24(33)34)27(35)37-28(3,4)5/h6-9,12-13,16,22H,10-11,15H2,1-5H3,(H,33,34). The van der Waals surface area contributed by atoms with Crippen LogP contribution in [0.3, 0.4) is 0 Å². The SMILES string of the molecule is CC(C)Oc1ccc(-c2nc(-c3cccc4c3CCC4N(CC(=O)O)C(=O)OC(C)(C)C)no2)cc1C#N. The molecule has 38 heavy (non-hydrogen) atoms. The summed E-state index contributed by atoms with van der Waals surface area (Å²) in [6.45, 7) is 8.51. The number of amides is 1. The van der Waals surface area contributed by atoms with E-state index < -0.39 is 30.3 Å². The number of nitriles is 1. The number of hydrogen-bond acceptors (Lipinski definition) is 8. The van der Waals surface area contributed by atoms with Crippen LogP contribution in [0.2, 0.25) is 0 Å². The number of fused-ring (bicyclic) bond motifs is 1. The molecule has 0 saturated carbocycles. The van der Waals surface area contributed by atoms with Gasteiger partial charge in [-0.3, -0.25) is 9.69 Å². The van der Waals surface area contributed by atoms with E-state index in [-0.39, 0.29) is 12.0 Å². The highest BCUT2D eigenvalue weighted by Gasteiger charge is 2.36. The number of hydrogen-bond donors (Lipinski definition) is 1. The number of carbonyl (C=O) groups excluding carboxylic acids is 1. The number of carboxylic acids is 1. The van der Waals surface area contributed by atoms with Crippen molar-refractivity contribution < 1.29 is 28.7 Å². The summed E-state index contributed by atoms with van der Waals surface area (Å²) >= 11 is 0. The zero-order valence-electron chi connectivity index (χ0n) is 22.0.